The molecule has 2 aliphatic heterocycles. The van der Waals surface area contributed by atoms with Crippen LogP contribution in [0.4, 0.5) is 0 Å². The maximum absolute atomic E-state index is 12.1. The highest BCUT2D eigenvalue weighted by Crippen LogP contribution is 2.11. The van der Waals surface area contributed by atoms with Crippen LogP contribution in [0.25, 0.3) is 0 Å². The van der Waals surface area contributed by atoms with E-state index in [0.29, 0.717) is 38.5 Å². The molecular weight excluding hydrogens is 206 g/mol. The van der Waals surface area contributed by atoms with Crippen molar-refractivity contribution in [3.05, 3.63) is 0 Å². The Morgan fingerprint density at radius 1 is 1.25 bits per heavy atom. The molecule has 0 aromatic heterocycles. The molecule has 0 bridgehead atoms. The number of likely N-dealkylation sites (tertiary alicyclic amines) is 1. The maximum Gasteiger partial charge on any atom is 0.241 e. The summed E-state index contributed by atoms with van der Waals surface area (Å²) in [5, 5.41) is 16.0. The second-order valence-electron chi connectivity index (χ2n) is 4.83. The van der Waals surface area contributed by atoms with Crippen LogP contribution in [0, 0.1) is 0 Å². The summed E-state index contributed by atoms with van der Waals surface area (Å²) in [6.07, 6.45) is 1.20. The molecule has 0 aliphatic carbocycles. The number of aliphatic hydroxyl groups excluding tert-OH is 1. The number of piperidine rings is 1. The lowest BCUT2D eigenvalue weighted by molar-refractivity contribution is -0.135. The molecule has 2 heterocycles. The average Bonchev–Trinajstić information content (AvgIpc) is 2.30. The maximum atomic E-state index is 12.1. The summed E-state index contributed by atoms with van der Waals surface area (Å²) in [6.45, 7) is 5.03. The van der Waals surface area contributed by atoms with Crippen LogP contribution in [0.1, 0.15) is 19.8 Å². The summed E-state index contributed by atoms with van der Waals surface area (Å²) < 4.78 is 0. The van der Waals surface area contributed by atoms with Crippen LogP contribution in [0.3, 0.4) is 0 Å². The number of aliphatic hydroxyl groups is 1. The van der Waals surface area contributed by atoms with Gasteiger partial charge in [0.25, 0.3) is 0 Å². The van der Waals surface area contributed by atoms with Gasteiger partial charge in [0.05, 0.1) is 12.1 Å². The van der Waals surface area contributed by atoms with E-state index in [-0.39, 0.29) is 18.1 Å². The van der Waals surface area contributed by atoms with E-state index in [9.17, 15) is 9.90 Å². The van der Waals surface area contributed by atoms with E-state index in [0.717, 1.165) is 6.54 Å². The number of rotatable bonds is 1. The highest BCUT2D eigenvalue weighted by atomic mass is 16.3. The zero-order chi connectivity index (χ0) is 11.5. The molecule has 5 heteroatoms. The standard InChI is InChI=1S/C11H21N3O2/c1-8-6-13-10(7-12-8)11(16)14-4-2-9(15)3-5-14/h8-10,12-13,15H,2-7H2,1H3. The summed E-state index contributed by atoms with van der Waals surface area (Å²) in [5.74, 6) is 0.173. The highest BCUT2D eigenvalue weighted by Gasteiger charge is 2.29. The number of amides is 1. The van der Waals surface area contributed by atoms with Crippen LogP contribution >= 0.6 is 0 Å². The fraction of sp³-hybridized carbons (Fsp3) is 0.909. The summed E-state index contributed by atoms with van der Waals surface area (Å²) in [4.78, 5) is 14.0. The first-order valence-electron chi connectivity index (χ1n) is 6.10. The minimum Gasteiger partial charge on any atom is -0.393 e. The lowest BCUT2D eigenvalue weighted by Crippen LogP contribution is -2.60. The molecule has 2 fully saturated rings. The van der Waals surface area contributed by atoms with Crippen molar-refractivity contribution in [2.75, 3.05) is 26.2 Å². The Balaban J connectivity index is 1.83. The molecule has 92 valence electrons. The van der Waals surface area contributed by atoms with Gasteiger partial charge in [-0.2, -0.15) is 0 Å². The van der Waals surface area contributed by atoms with Crippen molar-refractivity contribution in [2.45, 2.75) is 38.0 Å². The predicted molar refractivity (Wildman–Crippen MR) is 61.1 cm³/mol. The van der Waals surface area contributed by atoms with Crippen molar-refractivity contribution in [3.8, 4) is 0 Å². The normalized spacial score (nSPS) is 32.8. The lowest BCUT2D eigenvalue weighted by atomic mass is 10.1. The third kappa shape index (κ3) is 2.72. The second-order valence-corrected chi connectivity index (χ2v) is 4.83. The van der Waals surface area contributed by atoms with Gasteiger partial charge in [0.2, 0.25) is 5.91 Å². The molecule has 2 atom stereocenters. The smallest absolute Gasteiger partial charge is 0.241 e. The molecule has 2 aliphatic rings. The molecule has 16 heavy (non-hydrogen) atoms. The van der Waals surface area contributed by atoms with E-state index < -0.39 is 0 Å². The number of nitrogens with zero attached hydrogens (tertiary/aromatic N) is 1. The molecule has 0 spiro atoms. The molecule has 0 radical (unpaired) electrons. The first-order valence-corrected chi connectivity index (χ1v) is 6.10. The molecule has 1 amide bonds. The van der Waals surface area contributed by atoms with Crippen molar-refractivity contribution >= 4 is 5.91 Å². The summed E-state index contributed by atoms with van der Waals surface area (Å²) >= 11 is 0. The molecule has 2 unspecified atom stereocenters. The molecule has 5 nitrogen and oxygen atoms in total. The minimum absolute atomic E-state index is 0.0913. The van der Waals surface area contributed by atoms with Gasteiger partial charge in [0.15, 0.2) is 0 Å². The quantitative estimate of drug-likeness (QED) is 0.533. The molecule has 2 saturated heterocycles. The van der Waals surface area contributed by atoms with Gasteiger partial charge < -0.3 is 20.6 Å². The van der Waals surface area contributed by atoms with E-state index in [1.54, 1.807) is 0 Å². The van der Waals surface area contributed by atoms with E-state index in [1.165, 1.54) is 0 Å². The fourth-order valence-corrected chi connectivity index (χ4v) is 2.26. The van der Waals surface area contributed by atoms with Gasteiger partial charge in [-0.3, -0.25) is 4.79 Å². The number of hydrogen-bond donors (Lipinski definition) is 3. The van der Waals surface area contributed by atoms with Gasteiger partial charge in [-0.1, -0.05) is 0 Å². The first-order chi connectivity index (χ1) is 7.66. The molecule has 0 aromatic carbocycles. The number of nitrogens with one attached hydrogen (secondary N) is 2. The van der Waals surface area contributed by atoms with Crippen LogP contribution in [-0.4, -0.2) is 60.3 Å². The second kappa shape index (κ2) is 5.12. The van der Waals surface area contributed by atoms with Crippen molar-refractivity contribution in [3.63, 3.8) is 0 Å². The number of carbonyl (C=O) groups excluding carboxylic acids is 1. The topological polar surface area (TPSA) is 64.6 Å². The Labute approximate surface area is 96.2 Å². The molecule has 0 aromatic rings. The van der Waals surface area contributed by atoms with E-state index in [4.69, 9.17) is 0 Å². The Morgan fingerprint density at radius 3 is 2.50 bits per heavy atom. The van der Waals surface area contributed by atoms with Crippen molar-refractivity contribution < 1.29 is 9.90 Å². The average molecular weight is 227 g/mol. The van der Waals surface area contributed by atoms with Crippen LogP contribution in [-0.2, 0) is 4.79 Å². The van der Waals surface area contributed by atoms with Gasteiger partial charge in [0, 0.05) is 32.2 Å². The molecule has 2 rings (SSSR count). The molecular formula is C11H21N3O2. The Hall–Kier alpha value is -0.650. The van der Waals surface area contributed by atoms with Gasteiger partial charge in [-0.15, -0.1) is 0 Å². The van der Waals surface area contributed by atoms with Gasteiger partial charge in [-0.05, 0) is 19.8 Å². The van der Waals surface area contributed by atoms with Crippen molar-refractivity contribution in [1.82, 2.24) is 15.5 Å². The first kappa shape index (κ1) is 11.8. The number of hydrogen-bond acceptors (Lipinski definition) is 4. The van der Waals surface area contributed by atoms with E-state index in [1.807, 2.05) is 4.90 Å². The van der Waals surface area contributed by atoms with Gasteiger partial charge >= 0.3 is 0 Å². The third-order valence-electron chi connectivity index (χ3n) is 3.42. The lowest BCUT2D eigenvalue weighted by Gasteiger charge is -2.35. The SMILES string of the molecule is CC1CNC(C(=O)N2CCC(O)CC2)CN1. The summed E-state index contributed by atoms with van der Waals surface area (Å²) in [5.41, 5.74) is 0. The fourth-order valence-electron chi connectivity index (χ4n) is 2.26. The monoisotopic (exact) mass is 227 g/mol. The zero-order valence-corrected chi connectivity index (χ0v) is 9.78. The minimum atomic E-state index is -0.221. The van der Waals surface area contributed by atoms with E-state index >= 15 is 0 Å². The van der Waals surface area contributed by atoms with Crippen LogP contribution in [0.15, 0.2) is 0 Å². The van der Waals surface area contributed by atoms with Crippen molar-refractivity contribution in [1.29, 1.82) is 0 Å². The summed E-state index contributed by atoms with van der Waals surface area (Å²) in [6, 6.07) is 0.346. The Bertz CT molecular complexity index is 220. The molecule has 0 saturated carbocycles. The third-order valence-corrected chi connectivity index (χ3v) is 3.42. The predicted octanol–water partition coefficient (Wildman–Crippen LogP) is -1.08. The zero-order valence-electron chi connectivity index (χ0n) is 9.78. The van der Waals surface area contributed by atoms with Crippen LogP contribution < -0.4 is 10.6 Å². The summed E-state index contributed by atoms with van der Waals surface area (Å²) in [7, 11) is 0. The van der Waals surface area contributed by atoms with E-state index in [2.05, 4.69) is 17.6 Å². The number of carbonyl (C=O) groups is 1. The Morgan fingerprint density at radius 2 is 1.94 bits per heavy atom. The van der Waals surface area contributed by atoms with Crippen LogP contribution in [0.2, 0.25) is 0 Å². The van der Waals surface area contributed by atoms with Gasteiger partial charge in [0.1, 0.15) is 0 Å². The Kier molecular flexibility index (Phi) is 3.78. The van der Waals surface area contributed by atoms with Crippen LogP contribution in [0.5, 0.6) is 0 Å². The highest BCUT2D eigenvalue weighted by molar-refractivity contribution is 5.82. The number of piperazine rings is 1. The molecule has 3 N–H and O–H groups in total. The largest absolute Gasteiger partial charge is 0.393 e. The van der Waals surface area contributed by atoms with Crippen molar-refractivity contribution in [2.24, 2.45) is 0 Å². The van der Waals surface area contributed by atoms with Gasteiger partial charge in [-0.25, -0.2) is 0 Å².